The second-order valence-corrected chi connectivity index (χ2v) is 7.93. The fraction of sp³-hybridized carbons (Fsp3) is 0.222. The van der Waals surface area contributed by atoms with E-state index in [-0.39, 0.29) is 28.8 Å². The van der Waals surface area contributed by atoms with E-state index in [1.807, 2.05) is 0 Å². The minimum Gasteiger partial charge on any atom is -0.481 e. The smallest absolute Gasteiger partial charge is 0.349 e. The molecule has 8 nitrogen and oxygen atoms in total. The van der Waals surface area contributed by atoms with Crippen molar-refractivity contribution in [3.8, 4) is 17.6 Å². The first kappa shape index (κ1) is 21.4. The summed E-state index contributed by atoms with van der Waals surface area (Å²) < 4.78 is 36.8. The van der Waals surface area contributed by atoms with Crippen LogP contribution in [0.25, 0.3) is 0 Å². The molecule has 0 atom stereocenters. The number of esters is 1. The summed E-state index contributed by atoms with van der Waals surface area (Å²) in [7, 11) is -2.70. The van der Waals surface area contributed by atoms with Gasteiger partial charge >= 0.3 is 5.97 Å². The van der Waals surface area contributed by atoms with E-state index in [1.165, 1.54) is 25.5 Å². The van der Waals surface area contributed by atoms with Crippen molar-refractivity contribution in [2.24, 2.45) is 0 Å². The minimum absolute atomic E-state index is 0.00495. The number of sulfonamides is 1. The maximum Gasteiger partial charge on any atom is 0.349 e. The van der Waals surface area contributed by atoms with Crippen LogP contribution in [0.2, 0.25) is 0 Å². The zero-order valence-electron chi connectivity index (χ0n) is 15.1. The van der Waals surface area contributed by atoms with Crippen LogP contribution in [0.1, 0.15) is 16.6 Å². The third kappa shape index (κ3) is 6.09. The molecule has 0 saturated heterocycles. The molecule has 2 N–H and O–H groups in total. The van der Waals surface area contributed by atoms with Gasteiger partial charge in [-0.25, -0.2) is 13.2 Å². The summed E-state index contributed by atoms with van der Waals surface area (Å²) in [4.78, 5) is 22.5. The highest BCUT2D eigenvalue weighted by molar-refractivity contribution is 7.89. The number of ether oxygens (including phenoxy) is 2. The van der Waals surface area contributed by atoms with Gasteiger partial charge in [0.1, 0.15) is 22.1 Å². The summed E-state index contributed by atoms with van der Waals surface area (Å²) >= 11 is 0.983. The molecule has 1 amide bonds. The van der Waals surface area contributed by atoms with Crippen molar-refractivity contribution in [1.82, 2.24) is 4.72 Å². The number of carbonyl (C=O) groups is 2. The lowest BCUT2D eigenvalue weighted by molar-refractivity contribution is -0.114. The predicted molar refractivity (Wildman–Crippen MR) is 105 cm³/mol. The monoisotopic (exact) mass is 422 g/mol. The zero-order valence-corrected chi connectivity index (χ0v) is 16.8. The molecule has 148 valence electrons. The molecule has 0 aliphatic rings. The zero-order chi connectivity index (χ0) is 20.6. The molecule has 0 aliphatic carbocycles. The summed E-state index contributed by atoms with van der Waals surface area (Å²) in [5.41, 5.74) is 0.600. The highest BCUT2D eigenvalue weighted by Crippen LogP contribution is 2.22. The lowest BCUT2D eigenvalue weighted by Gasteiger charge is -2.06. The number of benzene rings is 1. The number of carbonyl (C=O) groups excluding carboxylic acids is 2. The van der Waals surface area contributed by atoms with Crippen LogP contribution in [0.5, 0.6) is 5.75 Å². The van der Waals surface area contributed by atoms with Gasteiger partial charge in [-0.3, -0.25) is 4.79 Å². The van der Waals surface area contributed by atoms with E-state index in [9.17, 15) is 18.0 Å². The van der Waals surface area contributed by atoms with Gasteiger partial charge < -0.3 is 14.8 Å². The molecule has 0 unspecified atom stereocenters. The number of amides is 1. The maximum absolute atomic E-state index is 12.3. The highest BCUT2D eigenvalue weighted by atomic mass is 32.2. The van der Waals surface area contributed by atoms with E-state index in [1.54, 1.807) is 24.3 Å². The molecule has 2 rings (SSSR count). The van der Waals surface area contributed by atoms with Crippen LogP contribution >= 0.6 is 11.3 Å². The molecule has 1 heterocycles. The van der Waals surface area contributed by atoms with E-state index in [2.05, 4.69) is 26.6 Å². The van der Waals surface area contributed by atoms with Crippen molar-refractivity contribution >= 4 is 38.9 Å². The molecule has 28 heavy (non-hydrogen) atoms. The van der Waals surface area contributed by atoms with Gasteiger partial charge in [0.2, 0.25) is 15.9 Å². The second-order valence-electron chi connectivity index (χ2n) is 5.28. The Kier molecular flexibility index (Phi) is 7.57. The van der Waals surface area contributed by atoms with E-state index in [4.69, 9.17) is 4.74 Å². The van der Waals surface area contributed by atoms with E-state index < -0.39 is 16.0 Å². The number of hydrogen-bond donors (Lipinski definition) is 2. The quantitative estimate of drug-likeness (QED) is 0.520. The maximum atomic E-state index is 12.3. The second kappa shape index (κ2) is 9.89. The molecular weight excluding hydrogens is 404 g/mol. The van der Waals surface area contributed by atoms with Crippen LogP contribution in [-0.2, 0) is 19.6 Å². The molecule has 0 saturated carbocycles. The first-order chi connectivity index (χ1) is 13.3. The summed E-state index contributed by atoms with van der Waals surface area (Å²) in [6, 6.07) is 8.14. The molecule has 10 heteroatoms. The summed E-state index contributed by atoms with van der Waals surface area (Å²) in [5.74, 6) is 4.93. The molecule has 2 aromatic rings. The van der Waals surface area contributed by atoms with Gasteiger partial charge in [-0.15, -0.1) is 11.3 Å². The van der Waals surface area contributed by atoms with Crippen molar-refractivity contribution in [3.63, 3.8) is 0 Å². The van der Waals surface area contributed by atoms with Crippen LogP contribution in [0.3, 0.4) is 0 Å². The van der Waals surface area contributed by atoms with Crippen LogP contribution in [-0.4, -0.2) is 40.6 Å². The van der Waals surface area contributed by atoms with Gasteiger partial charge in [0.05, 0.1) is 13.7 Å². The Morgan fingerprint density at radius 2 is 2.00 bits per heavy atom. The first-order valence-corrected chi connectivity index (χ1v) is 10.3. The molecule has 0 spiro atoms. The first-order valence-electron chi connectivity index (χ1n) is 7.95. The fourth-order valence-electron chi connectivity index (χ4n) is 2.06. The standard InChI is InChI=1S/C18H18N2O6S2/c1-13(21)20-14-6-5-7-15(12-14)26-10-4-3-9-19-28(23,24)16-8-11-27-17(16)18(22)25-2/h5-8,11-12,19H,9-10H2,1-2H3,(H,20,21). The normalized spacial score (nSPS) is 10.5. The van der Waals surface area contributed by atoms with Gasteiger partial charge in [-0.2, -0.15) is 4.72 Å². The lowest BCUT2D eigenvalue weighted by atomic mass is 10.3. The van der Waals surface area contributed by atoms with Crippen molar-refractivity contribution in [2.45, 2.75) is 11.8 Å². The molecule has 1 aromatic heterocycles. The third-order valence-corrected chi connectivity index (χ3v) is 5.70. The van der Waals surface area contributed by atoms with E-state index >= 15 is 0 Å². The van der Waals surface area contributed by atoms with E-state index in [0.717, 1.165) is 11.3 Å². The summed E-state index contributed by atoms with van der Waals surface area (Å²) in [6.07, 6.45) is 0. The van der Waals surface area contributed by atoms with Crippen molar-refractivity contribution in [1.29, 1.82) is 0 Å². The van der Waals surface area contributed by atoms with Crippen molar-refractivity contribution < 1.29 is 27.5 Å². The van der Waals surface area contributed by atoms with Gasteiger partial charge in [-0.05, 0) is 23.6 Å². The van der Waals surface area contributed by atoms with Crippen LogP contribution < -0.4 is 14.8 Å². The van der Waals surface area contributed by atoms with E-state index in [0.29, 0.717) is 11.4 Å². The largest absolute Gasteiger partial charge is 0.481 e. The Hall–Kier alpha value is -2.87. The van der Waals surface area contributed by atoms with Gasteiger partial charge in [0.25, 0.3) is 0 Å². The Morgan fingerprint density at radius 3 is 2.71 bits per heavy atom. The Labute approximate surface area is 166 Å². The molecule has 0 fully saturated rings. The minimum atomic E-state index is -3.88. The molecule has 0 bridgehead atoms. The third-order valence-electron chi connectivity index (χ3n) is 3.23. The van der Waals surface area contributed by atoms with Crippen molar-refractivity contribution in [3.05, 3.63) is 40.6 Å². The molecule has 0 aliphatic heterocycles. The Bertz CT molecular complexity index is 1020. The van der Waals surface area contributed by atoms with Crippen molar-refractivity contribution in [2.75, 3.05) is 25.6 Å². The predicted octanol–water partition coefficient (Wildman–Crippen LogP) is 1.85. The van der Waals surface area contributed by atoms with Crippen LogP contribution in [0, 0.1) is 11.8 Å². The van der Waals surface area contributed by atoms with Crippen LogP contribution in [0.15, 0.2) is 40.6 Å². The number of anilines is 1. The Balaban J connectivity index is 1.88. The number of hydrogen-bond acceptors (Lipinski definition) is 7. The topological polar surface area (TPSA) is 111 Å². The number of methoxy groups -OCH3 is 1. The molecular formula is C18H18N2O6S2. The summed E-state index contributed by atoms with van der Waals surface area (Å²) in [5, 5.41) is 4.13. The summed E-state index contributed by atoms with van der Waals surface area (Å²) in [6.45, 7) is 1.30. The average Bonchev–Trinajstić information content (AvgIpc) is 3.14. The molecule has 1 aromatic carbocycles. The highest BCUT2D eigenvalue weighted by Gasteiger charge is 2.23. The SMILES string of the molecule is COC(=O)c1sccc1S(=O)(=O)NCC#CCOc1cccc(NC(C)=O)c1. The number of rotatable bonds is 7. The van der Waals surface area contributed by atoms with Gasteiger partial charge in [0, 0.05) is 18.7 Å². The van der Waals surface area contributed by atoms with Crippen LogP contribution in [0.4, 0.5) is 5.69 Å². The lowest BCUT2D eigenvalue weighted by Crippen LogP contribution is -2.25. The number of thiophene rings is 1. The molecule has 0 radical (unpaired) electrons. The Morgan fingerprint density at radius 1 is 1.21 bits per heavy atom. The number of nitrogens with one attached hydrogen (secondary N) is 2. The van der Waals surface area contributed by atoms with Gasteiger partial charge in [-0.1, -0.05) is 17.9 Å². The van der Waals surface area contributed by atoms with Gasteiger partial charge in [0.15, 0.2) is 0 Å². The fourth-order valence-corrected chi connectivity index (χ4v) is 4.32. The average molecular weight is 422 g/mol.